The molecular formula is C13H20N4S. The maximum Gasteiger partial charge on any atom is 0.0954 e. The van der Waals surface area contributed by atoms with Gasteiger partial charge in [0, 0.05) is 29.1 Å². The Morgan fingerprint density at radius 3 is 2.61 bits per heavy atom. The Labute approximate surface area is 112 Å². The van der Waals surface area contributed by atoms with Crippen molar-refractivity contribution in [2.75, 3.05) is 0 Å². The van der Waals surface area contributed by atoms with E-state index in [0.29, 0.717) is 12.5 Å². The monoisotopic (exact) mass is 264 g/mol. The predicted octanol–water partition coefficient (Wildman–Crippen LogP) is 2.59. The summed E-state index contributed by atoms with van der Waals surface area (Å²) in [5, 5.41) is 7.84. The first-order chi connectivity index (χ1) is 8.52. The van der Waals surface area contributed by atoms with Gasteiger partial charge in [-0.3, -0.25) is 4.68 Å². The first-order valence-corrected chi connectivity index (χ1v) is 7.08. The van der Waals surface area contributed by atoms with Gasteiger partial charge in [0.25, 0.3) is 0 Å². The lowest BCUT2D eigenvalue weighted by atomic mass is 10.2. The summed E-state index contributed by atoms with van der Waals surface area (Å²) >= 11 is 1.72. The number of hydrogen-bond donors (Lipinski definition) is 1. The molecule has 0 saturated carbocycles. The molecule has 0 aliphatic rings. The van der Waals surface area contributed by atoms with Crippen LogP contribution in [-0.2, 0) is 13.1 Å². The van der Waals surface area contributed by atoms with Crippen molar-refractivity contribution in [2.24, 2.45) is 5.73 Å². The number of aromatic nitrogens is 3. The van der Waals surface area contributed by atoms with Gasteiger partial charge >= 0.3 is 0 Å². The van der Waals surface area contributed by atoms with Crippen molar-refractivity contribution in [3.8, 4) is 0 Å². The predicted molar refractivity (Wildman–Crippen MR) is 74.9 cm³/mol. The zero-order chi connectivity index (χ0) is 13.3. The first-order valence-electron chi connectivity index (χ1n) is 6.20. The van der Waals surface area contributed by atoms with Crippen molar-refractivity contribution in [3.05, 3.63) is 33.0 Å². The van der Waals surface area contributed by atoms with Crippen LogP contribution in [0.1, 0.15) is 47.4 Å². The molecule has 0 aromatic carbocycles. The Kier molecular flexibility index (Phi) is 3.82. The molecule has 0 aliphatic heterocycles. The Morgan fingerprint density at radius 2 is 2.11 bits per heavy atom. The summed E-state index contributed by atoms with van der Waals surface area (Å²) in [7, 11) is 0. The summed E-state index contributed by atoms with van der Waals surface area (Å²) in [6, 6.07) is 0. The number of thiazole rings is 1. The highest BCUT2D eigenvalue weighted by atomic mass is 32.1. The summed E-state index contributed by atoms with van der Waals surface area (Å²) in [4.78, 5) is 4.64. The van der Waals surface area contributed by atoms with Gasteiger partial charge < -0.3 is 5.73 Å². The van der Waals surface area contributed by atoms with Crippen molar-refractivity contribution in [3.63, 3.8) is 0 Å². The van der Waals surface area contributed by atoms with Crippen LogP contribution in [0.2, 0.25) is 0 Å². The van der Waals surface area contributed by atoms with Crippen LogP contribution in [0.4, 0.5) is 0 Å². The van der Waals surface area contributed by atoms with E-state index in [4.69, 9.17) is 5.73 Å². The van der Waals surface area contributed by atoms with Gasteiger partial charge in [0.05, 0.1) is 22.9 Å². The zero-order valence-electron chi connectivity index (χ0n) is 11.4. The molecule has 2 N–H and O–H groups in total. The van der Waals surface area contributed by atoms with Gasteiger partial charge in [-0.05, 0) is 13.8 Å². The van der Waals surface area contributed by atoms with E-state index in [0.717, 1.165) is 29.2 Å². The fraction of sp³-hybridized carbons (Fsp3) is 0.538. The summed E-state index contributed by atoms with van der Waals surface area (Å²) < 4.78 is 2.00. The van der Waals surface area contributed by atoms with Crippen LogP contribution >= 0.6 is 11.3 Å². The second kappa shape index (κ2) is 5.20. The molecular weight excluding hydrogens is 244 g/mol. The highest BCUT2D eigenvalue weighted by Gasteiger charge is 2.12. The van der Waals surface area contributed by atoms with Crippen molar-refractivity contribution < 1.29 is 0 Å². The van der Waals surface area contributed by atoms with Crippen LogP contribution in [0.5, 0.6) is 0 Å². The van der Waals surface area contributed by atoms with E-state index < -0.39 is 0 Å². The SMILES string of the molecule is Cc1nn(Cc2csc(C(C)C)n2)c(C)c1CN. The van der Waals surface area contributed by atoms with Crippen LogP contribution in [0.15, 0.2) is 5.38 Å². The minimum atomic E-state index is 0.490. The molecule has 2 aromatic rings. The van der Waals surface area contributed by atoms with E-state index in [1.54, 1.807) is 11.3 Å². The van der Waals surface area contributed by atoms with Crippen LogP contribution in [0.3, 0.4) is 0 Å². The first kappa shape index (κ1) is 13.2. The molecule has 0 unspecified atom stereocenters. The molecule has 0 radical (unpaired) electrons. The molecule has 5 heteroatoms. The minimum absolute atomic E-state index is 0.490. The van der Waals surface area contributed by atoms with Gasteiger partial charge in [-0.25, -0.2) is 4.98 Å². The average molecular weight is 264 g/mol. The van der Waals surface area contributed by atoms with Gasteiger partial charge in [0.15, 0.2) is 0 Å². The lowest BCUT2D eigenvalue weighted by molar-refractivity contribution is 0.645. The average Bonchev–Trinajstić information content (AvgIpc) is 2.86. The molecule has 0 spiro atoms. The number of rotatable bonds is 4. The molecule has 0 aliphatic carbocycles. The summed E-state index contributed by atoms with van der Waals surface area (Å²) in [6.07, 6.45) is 0. The molecule has 2 aromatic heterocycles. The molecule has 0 atom stereocenters. The smallest absolute Gasteiger partial charge is 0.0954 e. The second-order valence-corrected chi connectivity index (χ2v) is 5.73. The van der Waals surface area contributed by atoms with Crippen LogP contribution < -0.4 is 5.73 Å². The molecule has 2 rings (SSSR count). The van der Waals surface area contributed by atoms with Gasteiger partial charge in [-0.1, -0.05) is 13.8 Å². The van der Waals surface area contributed by atoms with E-state index in [9.17, 15) is 0 Å². The third-order valence-corrected chi connectivity index (χ3v) is 4.30. The van der Waals surface area contributed by atoms with Crippen molar-refractivity contribution in [2.45, 2.75) is 46.7 Å². The largest absolute Gasteiger partial charge is 0.326 e. The van der Waals surface area contributed by atoms with Crippen LogP contribution in [-0.4, -0.2) is 14.8 Å². The molecule has 0 saturated heterocycles. The highest BCUT2D eigenvalue weighted by molar-refractivity contribution is 7.09. The molecule has 98 valence electrons. The molecule has 18 heavy (non-hydrogen) atoms. The number of hydrogen-bond acceptors (Lipinski definition) is 4. The van der Waals surface area contributed by atoms with Gasteiger partial charge in [0.2, 0.25) is 0 Å². The van der Waals surface area contributed by atoms with Crippen molar-refractivity contribution in [1.82, 2.24) is 14.8 Å². The second-order valence-electron chi connectivity index (χ2n) is 4.84. The lowest BCUT2D eigenvalue weighted by Crippen LogP contribution is -2.06. The van der Waals surface area contributed by atoms with E-state index in [-0.39, 0.29) is 0 Å². The molecule has 0 amide bonds. The maximum atomic E-state index is 5.74. The van der Waals surface area contributed by atoms with Gasteiger partial charge in [-0.2, -0.15) is 5.10 Å². The van der Waals surface area contributed by atoms with E-state index in [1.165, 1.54) is 5.01 Å². The Bertz CT molecular complexity index is 539. The summed E-state index contributed by atoms with van der Waals surface area (Å²) in [6.45, 7) is 9.68. The van der Waals surface area contributed by atoms with Crippen LogP contribution in [0, 0.1) is 13.8 Å². The third-order valence-electron chi connectivity index (χ3n) is 3.11. The van der Waals surface area contributed by atoms with E-state index in [1.807, 2.05) is 11.6 Å². The molecule has 2 heterocycles. The Morgan fingerprint density at radius 1 is 1.39 bits per heavy atom. The highest BCUT2D eigenvalue weighted by Crippen LogP contribution is 2.20. The fourth-order valence-corrected chi connectivity index (χ4v) is 2.82. The maximum absolute atomic E-state index is 5.74. The number of nitrogens with two attached hydrogens (primary N) is 1. The lowest BCUT2D eigenvalue weighted by Gasteiger charge is -2.02. The zero-order valence-corrected chi connectivity index (χ0v) is 12.2. The quantitative estimate of drug-likeness (QED) is 0.923. The summed E-state index contributed by atoms with van der Waals surface area (Å²) in [5.74, 6) is 0.490. The fourth-order valence-electron chi connectivity index (χ4n) is 2.00. The van der Waals surface area contributed by atoms with Crippen molar-refractivity contribution in [1.29, 1.82) is 0 Å². The van der Waals surface area contributed by atoms with Crippen molar-refractivity contribution >= 4 is 11.3 Å². The third kappa shape index (κ3) is 2.47. The number of nitrogens with zero attached hydrogens (tertiary/aromatic N) is 3. The topological polar surface area (TPSA) is 56.7 Å². The van der Waals surface area contributed by atoms with E-state index in [2.05, 4.69) is 36.2 Å². The molecule has 0 bridgehead atoms. The summed E-state index contributed by atoms with van der Waals surface area (Å²) in [5.41, 5.74) is 10.1. The minimum Gasteiger partial charge on any atom is -0.326 e. The van der Waals surface area contributed by atoms with Gasteiger partial charge in [0.1, 0.15) is 0 Å². The van der Waals surface area contributed by atoms with E-state index >= 15 is 0 Å². The molecule has 0 fully saturated rings. The van der Waals surface area contributed by atoms with Crippen LogP contribution in [0.25, 0.3) is 0 Å². The normalized spacial score (nSPS) is 11.4. The molecule has 4 nitrogen and oxygen atoms in total. The standard InChI is InChI=1S/C13H20N4S/c1-8(2)13-15-11(7-18-13)6-17-10(4)12(5-14)9(3)16-17/h7-8H,5-6,14H2,1-4H3. The number of aryl methyl sites for hydroxylation is 1. The Balaban J connectivity index is 2.23. The van der Waals surface area contributed by atoms with Gasteiger partial charge in [-0.15, -0.1) is 11.3 Å². The Hall–Kier alpha value is -1.20.